The van der Waals surface area contributed by atoms with Crippen LogP contribution in [-0.2, 0) is 9.53 Å². The molecule has 104 valence electrons. The van der Waals surface area contributed by atoms with Crippen LogP contribution >= 0.6 is 0 Å². The monoisotopic (exact) mass is 269 g/mol. The van der Waals surface area contributed by atoms with E-state index < -0.39 is 36.8 Å². The van der Waals surface area contributed by atoms with Crippen LogP contribution in [0.4, 0.5) is 18.0 Å². The SMILES string of the molecule is O=C(NC1CCCC(C(=O)O)C1)OCC(F)(F)F. The maximum atomic E-state index is 11.8. The van der Waals surface area contributed by atoms with Gasteiger partial charge in [0.25, 0.3) is 0 Å². The molecule has 0 bridgehead atoms. The molecule has 0 radical (unpaired) electrons. The molecule has 1 fully saturated rings. The van der Waals surface area contributed by atoms with Crippen LogP contribution in [0.15, 0.2) is 0 Å². The topological polar surface area (TPSA) is 75.6 Å². The number of hydrogen-bond donors (Lipinski definition) is 2. The summed E-state index contributed by atoms with van der Waals surface area (Å²) in [6.07, 6.45) is -3.83. The molecule has 0 aliphatic heterocycles. The van der Waals surface area contributed by atoms with Crippen LogP contribution in [0.2, 0.25) is 0 Å². The summed E-state index contributed by atoms with van der Waals surface area (Å²) in [5.41, 5.74) is 0. The van der Waals surface area contributed by atoms with Crippen molar-refractivity contribution in [3.63, 3.8) is 0 Å². The van der Waals surface area contributed by atoms with Gasteiger partial charge in [-0.1, -0.05) is 6.42 Å². The molecule has 1 amide bonds. The van der Waals surface area contributed by atoms with E-state index in [0.29, 0.717) is 19.3 Å². The Labute approximate surface area is 101 Å². The zero-order chi connectivity index (χ0) is 13.8. The van der Waals surface area contributed by atoms with E-state index in [9.17, 15) is 22.8 Å². The summed E-state index contributed by atoms with van der Waals surface area (Å²) < 4.78 is 39.3. The lowest BCUT2D eigenvalue weighted by Crippen LogP contribution is -2.41. The lowest BCUT2D eigenvalue weighted by atomic mass is 9.86. The van der Waals surface area contributed by atoms with Crippen molar-refractivity contribution in [2.24, 2.45) is 5.92 Å². The number of aliphatic carboxylic acids is 1. The Balaban J connectivity index is 2.33. The third-order valence-electron chi connectivity index (χ3n) is 2.71. The van der Waals surface area contributed by atoms with Crippen LogP contribution in [0.3, 0.4) is 0 Å². The van der Waals surface area contributed by atoms with Crippen LogP contribution in [0.25, 0.3) is 0 Å². The molecule has 8 heteroatoms. The Morgan fingerprint density at radius 3 is 2.56 bits per heavy atom. The molecule has 2 atom stereocenters. The second-order valence-electron chi connectivity index (χ2n) is 4.23. The lowest BCUT2D eigenvalue weighted by Gasteiger charge is -2.27. The number of ether oxygens (including phenoxy) is 1. The van der Waals surface area contributed by atoms with Gasteiger partial charge in [0.2, 0.25) is 0 Å². The van der Waals surface area contributed by atoms with Crippen molar-refractivity contribution >= 4 is 12.1 Å². The van der Waals surface area contributed by atoms with Crippen molar-refractivity contribution in [3.05, 3.63) is 0 Å². The number of carbonyl (C=O) groups is 2. The van der Waals surface area contributed by atoms with Crippen LogP contribution in [0.1, 0.15) is 25.7 Å². The maximum absolute atomic E-state index is 11.8. The molecule has 1 saturated carbocycles. The molecule has 5 nitrogen and oxygen atoms in total. The smallest absolute Gasteiger partial charge is 0.422 e. The molecular formula is C10H14F3NO4. The highest BCUT2D eigenvalue weighted by atomic mass is 19.4. The third-order valence-corrected chi connectivity index (χ3v) is 2.71. The molecule has 0 aromatic heterocycles. The normalized spacial score (nSPS) is 24.4. The van der Waals surface area contributed by atoms with Gasteiger partial charge in [0.1, 0.15) is 0 Å². The van der Waals surface area contributed by atoms with Crippen molar-refractivity contribution < 1.29 is 32.6 Å². The Bertz CT molecular complexity index is 319. The Morgan fingerprint density at radius 1 is 1.33 bits per heavy atom. The highest BCUT2D eigenvalue weighted by Crippen LogP contribution is 2.24. The summed E-state index contributed by atoms with van der Waals surface area (Å²) in [6.45, 7) is -1.64. The quantitative estimate of drug-likeness (QED) is 0.820. The molecule has 1 rings (SSSR count). The number of hydrogen-bond acceptors (Lipinski definition) is 3. The number of amides is 1. The van der Waals surface area contributed by atoms with Gasteiger partial charge in [-0.3, -0.25) is 4.79 Å². The van der Waals surface area contributed by atoms with Gasteiger partial charge in [-0.15, -0.1) is 0 Å². The summed E-state index contributed by atoms with van der Waals surface area (Å²) in [5.74, 6) is -1.52. The summed E-state index contributed by atoms with van der Waals surface area (Å²) in [7, 11) is 0. The molecule has 1 aliphatic carbocycles. The van der Waals surface area contributed by atoms with Crippen molar-refractivity contribution in [1.29, 1.82) is 0 Å². The van der Waals surface area contributed by atoms with Gasteiger partial charge in [0.15, 0.2) is 6.61 Å². The number of carboxylic acid groups (broad SMARTS) is 1. The van der Waals surface area contributed by atoms with Crippen molar-refractivity contribution in [1.82, 2.24) is 5.32 Å². The number of carbonyl (C=O) groups excluding carboxylic acids is 1. The molecule has 0 aromatic rings. The molecule has 2 N–H and O–H groups in total. The van der Waals surface area contributed by atoms with Gasteiger partial charge in [-0.2, -0.15) is 13.2 Å². The van der Waals surface area contributed by atoms with Crippen molar-refractivity contribution in [2.45, 2.75) is 37.9 Å². The zero-order valence-corrected chi connectivity index (χ0v) is 9.50. The number of halogens is 3. The van der Waals surface area contributed by atoms with E-state index in [2.05, 4.69) is 10.1 Å². The van der Waals surface area contributed by atoms with Crippen LogP contribution in [0.5, 0.6) is 0 Å². The molecule has 1 aliphatic rings. The second kappa shape index (κ2) is 5.92. The first-order chi connectivity index (χ1) is 8.28. The largest absolute Gasteiger partial charge is 0.481 e. The fourth-order valence-electron chi connectivity index (χ4n) is 1.90. The van der Waals surface area contributed by atoms with Crippen LogP contribution in [0, 0.1) is 5.92 Å². The summed E-state index contributed by atoms with van der Waals surface area (Å²) >= 11 is 0. The van der Waals surface area contributed by atoms with E-state index in [-0.39, 0.29) is 6.42 Å². The predicted octanol–water partition coefficient (Wildman–Crippen LogP) is 1.92. The minimum absolute atomic E-state index is 0.219. The Hall–Kier alpha value is -1.47. The van der Waals surface area contributed by atoms with Crippen molar-refractivity contribution in [2.75, 3.05) is 6.61 Å². The molecule has 2 unspecified atom stereocenters. The maximum Gasteiger partial charge on any atom is 0.422 e. The highest BCUT2D eigenvalue weighted by molar-refractivity contribution is 5.71. The first-order valence-electron chi connectivity index (χ1n) is 5.51. The lowest BCUT2D eigenvalue weighted by molar-refractivity contribution is -0.160. The molecule has 0 spiro atoms. The zero-order valence-electron chi connectivity index (χ0n) is 9.50. The second-order valence-corrected chi connectivity index (χ2v) is 4.23. The Kier molecular flexibility index (Phi) is 4.80. The van der Waals surface area contributed by atoms with Crippen molar-refractivity contribution in [3.8, 4) is 0 Å². The van der Waals surface area contributed by atoms with E-state index in [1.165, 1.54) is 0 Å². The Morgan fingerprint density at radius 2 is 2.00 bits per heavy atom. The van der Waals surface area contributed by atoms with Crippen LogP contribution in [-0.4, -0.2) is 36.0 Å². The standard InChI is InChI=1S/C10H14F3NO4/c11-10(12,13)5-18-9(17)14-7-3-1-2-6(4-7)8(15)16/h6-7H,1-5H2,(H,14,17)(H,15,16). The minimum Gasteiger partial charge on any atom is -0.481 e. The minimum atomic E-state index is -4.56. The summed E-state index contributed by atoms with van der Waals surface area (Å²) in [6, 6.07) is -0.444. The van der Waals surface area contributed by atoms with Gasteiger partial charge in [0.05, 0.1) is 5.92 Å². The predicted molar refractivity (Wildman–Crippen MR) is 53.9 cm³/mol. The highest BCUT2D eigenvalue weighted by Gasteiger charge is 2.31. The van der Waals surface area contributed by atoms with Gasteiger partial charge >= 0.3 is 18.2 Å². The first kappa shape index (κ1) is 14.6. The average molecular weight is 269 g/mol. The number of nitrogens with one attached hydrogen (secondary N) is 1. The van der Waals surface area contributed by atoms with Gasteiger partial charge < -0.3 is 15.2 Å². The summed E-state index contributed by atoms with van der Waals surface area (Å²) in [5, 5.41) is 11.1. The van der Waals surface area contributed by atoms with E-state index in [1.54, 1.807) is 0 Å². The average Bonchev–Trinajstić information content (AvgIpc) is 2.26. The number of alkyl halides is 3. The van der Waals surface area contributed by atoms with E-state index in [4.69, 9.17) is 5.11 Å². The van der Waals surface area contributed by atoms with E-state index in [1.807, 2.05) is 0 Å². The summed E-state index contributed by atoms with van der Waals surface area (Å²) in [4.78, 5) is 21.8. The fourth-order valence-corrected chi connectivity index (χ4v) is 1.90. The third kappa shape index (κ3) is 5.24. The molecule has 18 heavy (non-hydrogen) atoms. The number of carboxylic acids is 1. The van der Waals surface area contributed by atoms with Gasteiger partial charge in [-0.25, -0.2) is 4.79 Å². The first-order valence-corrected chi connectivity index (χ1v) is 5.51. The number of rotatable bonds is 3. The van der Waals surface area contributed by atoms with Crippen LogP contribution < -0.4 is 5.32 Å². The number of alkyl carbamates (subject to hydrolysis) is 1. The molecule has 0 heterocycles. The molecule has 0 aromatic carbocycles. The van der Waals surface area contributed by atoms with E-state index in [0.717, 1.165) is 0 Å². The molecular weight excluding hydrogens is 255 g/mol. The van der Waals surface area contributed by atoms with Gasteiger partial charge in [-0.05, 0) is 19.3 Å². The van der Waals surface area contributed by atoms with E-state index >= 15 is 0 Å². The fraction of sp³-hybridized carbons (Fsp3) is 0.800. The molecule has 0 saturated heterocycles. The van der Waals surface area contributed by atoms with Gasteiger partial charge in [0, 0.05) is 6.04 Å².